The van der Waals surface area contributed by atoms with E-state index in [-0.39, 0.29) is 17.8 Å². The smallest absolute Gasteiger partial charge is 0.357 e. The second-order valence-corrected chi connectivity index (χ2v) is 8.71. The summed E-state index contributed by atoms with van der Waals surface area (Å²) in [4.78, 5) is 37.2. The van der Waals surface area contributed by atoms with Crippen LogP contribution in [0.3, 0.4) is 0 Å². The number of hydrogen-bond acceptors (Lipinski definition) is 7. The first-order valence-corrected chi connectivity index (χ1v) is 11.3. The van der Waals surface area contributed by atoms with Crippen LogP contribution in [0, 0.1) is 0 Å². The van der Waals surface area contributed by atoms with Crippen molar-refractivity contribution in [1.29, 1.82) is 0 Å². The van der Waals surface area contributed by atoms with Gasteiger partial charge in [-0.1, -0.05) is 6.07 Å². The van der Waals surface area contributed by atoms with Gasteiger partial charge in [-0.25, -0.2) is 9.78 Å². The zero-order valence-corrected chi connectivity index (χ0v) is 17.7. The SMILES string of the molecule is CCOC(=O)c1csc(C2CCN(C(=O)c3ccc(-c4ccccn4)s3)CC2)n1. The third kappa shape index (κ3) is 4.38. The molecule has 1 saturated heterocycles. The highest BCUT2D eigenvalue weighted by atomic mass is 32.1. The fourth-order valence-electron chi connectivity index (χ4n) is 3.36. The van der Waals surface area contributed by atoms with Gasteiger partial charge in [0.2, 0.25) is 0 Å². The van der Waals surface area contributed by atoms with Crippen LogP contribution in [0.1, 0.15) is 50.9 Å². The van der Waals surface area contributed by atoms with Crippen molar-refractivity contribution >= 4 is 34.6 Å². The first-order valence-electron chi connectivity index (χ1n) is 9.58. The zero-order valence-electron chi connectivity index (χ0n) is 16.0. The number of rotatable bonds is 5. The number of thiazole rings is 1. The van der Waals surface area contributed by atoms with Crippen molar-refractivity contribution in [2.24, 2.45) is 0 Å². The lowest BCUT2D eigenvalue weighted by Gasteiger charge is -2.30. The molecule has 29 heavy (non-hydrogen) atoms. The lowest BCUT2D eigenvalue weighted by Crippen LogP contribution is -2.37. The quantitative estimate of drug-likeness (QED) is 0.562. The van der Waals surface area contributed by atoms with Gasteiger partial charge in [0.1, 0.15) is 0 Å². The molecule has 0 radical (unpaired) electrons. The highest BCUT2D eigenvalue weighted by Gasteiger charge is 2.27. The van der Waals surface area contributed by atoms with Crippen LogP contribution in [0.25, 0.3) is 10.6 Å². The van der Waals surface area contributed by atoms with Gasteiger partial charge in [-0.2, -0.15) is 0 Å². The van der Waals surface area contributed by atoms with E-state index in [1.807, 2.05) is 35.2 Å². The van der Waals surface area contributed by atoms with Crippen molar-refractivity contribution in [3.8, 4) is 10.6 Å². The largest absolute Gasteiger partial charge is 0.461 e. The number of ether oxygens (including phenoxy) is 1. The van der Waals surface area contributed by atoms with Gasteiger partial charge in [0.15, 0.2) is 5.69 Å². The monoisotopic (exact) mass is 427 g/mol. The number of pyridine rings is 1. The maximum Gasteiger partial charge on any atom is 0.357 e. The maximum atomic E-state index is 12.9. The predicted octanol–water partition coefficient (Wildman–Crippen LogP) is 4.46. The van der Waals surface area contributed by atoms with Crippen molar-refractivity contribution in [2.45, 2.75) is 25.7 Å². The van der Waals surface area contributed by atoms with Crippen LogP contribution >= 0.6 is 22.7 Å². The Morgan fingerprint density at radius 1 is 1.21 bits per heavy atom. The van der Waals surface area contributed by atoms with Gasteiger partial charge in [-0.15, -0.1) is 22.7 Å². The lowest BCUT2D eigenvalue weighted by atomic mass is 9.97. The molecule has 4 heterocycles. The topological polar surface area (TPSA) is 72.4 Å². The minimum absolute atomic E-state index is 0.0713. The Labute approximate surface area is 177 Å². The minimum atomic E-state index is -0.371. The maximum absolute atomic E-state index is 12.9. The van der Waals surface area contributed by atoms with E-state index < -0.39 is 0 Å². The number of carbonyl (C=O) groups is 2. The normalized spacial score (nSPS) is 14.7. The summed E-state index contributed by atoms with van der Waals surface area (Å²) in [5.41, 5.74) is 1.27. The number of amides is 1. The number of piperidine rings is 1. The van der Waals surface area contributed by atoms with Gasteiger partial charge in [0, 0.05) is 30.6 Å². The van der Waals surface area contributed by atoms with Crippen LogP contribution in [0.15, 0.2) is 41.9 Å². The number of likely N-dealkylation sites (tertiary alicyclic amines) is 1. The van der Waals surface area contributed by atoms with E-state index in [1.165, 1.54) is 22.7 Å². The average molecular weight is 428 g/mol. The molecule has 0 saturated carbocycles. The fourth-order valence-corrected chi connectivity index (χ4v) is 5.27. The molecule has 8 heteroatoms. The molecule has 0 N–H and O–H groups in total. The number of esters is 1. The second-order valence-electron chi connectivity index (χ2n) is 6.74. The summed E-state index contributed by atoms with van der Waals surface area (Å²) in [6.45, 7) is 3.51. The summed E-state index contributed by atoms with van der Waals surface area (Å²) in [5, 5.41) is 2.71. The van der Waals surface area contributed by atoms with Gasteiger partial charge in [-0.05, 0) is 44.0 Å². The van der Waals surface area contributed by atoms with Gasteiger partial charge in [0.25, 0.3) is 5.91 Å². The van der Waals surface area contributed by atoms with Crippen molar-refractivity contribution in [3.63, 3.8) is 0 Å². The average Bonchev–Trinajstić information content (AvgIpc) is 3.45. The van der Waals surface area contributed by atoms with Crippen LogP contribution in [0.5, 0.6) is 0 Å². The van der Waals surface area contributed by atoms with Crippen molar-refractivity contribution in [2.75, 3.05) is 19.7 Å². The molecule has 0 spiro atoms. The number of thiophene rings is 1. The number of carbonyl (C=O) groups excluding carboxylic acids is 2. The molecular formula is C21H21N3O3S2. The molecule has 0 unspecified atom stereocenters. The minimum Gasteiger partial charge on any atom is -0.461 e. The molecule has 0 aromatic carbocycles. The standard InChI is InChI=1S/C21H21N3O3S2/c1-2-27-21(26)16-13-28-19(23-16)14-8-11-24(12-9-14)20(25)18-7-6-17(29-18)15-5-3-4-10-22-15/h3-7,10,13-14H,2,8-9,11-12H2,1H3. The highest BCUT2D eigenvalue weighted by molar-refractivity contribution is 7.17. The molecule has 1 aliphatic heterocycles. The summed E-state index contributed by atoms with van der Waals surface area (Å²) in [7, 11) is 0. The van der Waals surface area contributed by atoms with Crippen LogP contribution in [0.2, 0.25) is 0 Å². The Kier molecular flexibility index (Phi) is 6.01. The van der Waals surface area contributed by atoms with E-state index in [2.05, 4.69) is 9.97 Å². The molecule has 6 nitrogen and oxygen atoms in total. The number of hydrogen-bond donors (Lipinski definition) is 0. The summed E-state index contributed by atoms with van der Waals surface area (Å²) < 4.78 is 5.01. The third-order valence-electron chi connectivity index (χ3n) is 4.87. The molecular weight excluding hydrogens is 406 g/mol. The molecule has 1 fully saturated rings. The predicted molar refractivity (Wildman–Crippen MR) is 113 cm³/mol. The van der Waals surface area contributed by atoms with Crippen LogP contribution in [-0.2, 0) is 4.74 Å². The van der Waals surface area contributed by atoms with E-state index in [9.17, 15) is 9.59 Å². The molecule has 1 aliphatic rings. The second kappa shape index (κ2) is 8.84. The van der Waals surface area contributed by atoms with Gasteiger partial charge in [-0.3, -0.25) is 9.78 Å². The van der Waals surface area contributed by atoms with Crippen molar-refractivity contribution in [1.82, 2.24) is 14.9 Å². The van der Waals surface area contributed by atoms with Crippen LogP contribution < -0.4 is 0 Å². The summed E-state index contributed by atoms with van der Waals surface area (Å²) >= 11 is 2.98. The van der Waals surface area contributed by atoms with Gasteiger partial charge >= 0.3 is 5.97 Å². The third-order valence-corrected chi connectivity index (χ3v) is 6.98. The Bertz CT molecular complexity index is 992. The van der Waals surface area contributed by atoms with Crippen molar-refractivity contribution in [3.05, 3.63) is 57.5 Å². The molecule has 0 aliphatic carbocycles. The van der Waals surface area contributed by atoms with Crippen molar-refractivity contribution < 1.29 is 14.3 Å². The summed E-state index contributed by atoms with van der Waals surface area (Å²) in [6.07, 6.45) is 3.45. The van der Waals surface area contributed by atoms with Gasteiger partial charge in [0.05, 0.1) is 27.1 Å². The fraction of sp³-hybridized carbons (Fsp3) is 0.333. The summed E-state index contributed by atoms with van der Waals surface area (Å²) in [5.74, 6) is -0.0226. The van der Waals surface area contributed by atoms with E-state index in [0.717, 1.165) is 33.3 Å². The van der Waals surface area contributed by atoms with E-state index in [1.54, 1.807) is 18.5 Å². The Morgan fingerprint density at radius 3 is 2.76 bits per heavy atom. The molecule has 1 amide bonds. The number of aromatic nitrogens is 2. The Hall–Kier alpha value is -2.58. The van der Waals surface area contributed by atoms with E-state index in [0.29, 0.717) is 25.4 Å². The molecule has 3 aromatic heterocycles. The highest BCUT2D eigenvalue weighted by Crippen LogP contribution is 2.32. The number of nitrogens with zero attached hydrogens (tertiary/aromatic N) is 3. The Morgan fingerprint density at radius 2 is 2.03 bits per heavy atom. The first kappa shape index (κ1) is 19.7. The summed E-state index contributed by atoms with van der Waals surface area (Å²) in [6, 6.07) is 9.62. The molecule has 4 rings (SSSR count). The first-order chi connectivity index (χ1) is 14.2. The zero-order chi connectivity index (χ0) is 20.2. The van der Waals surface area contributed by atoms with E-state index >= 15 is 0 Å². The van der Waals surface area contributed by atoms with Crippen LogP contribution in [0.4, 0.5) is 0 Å². The molecule has 150 valence electrons. The molecule has 0 bridgehead atoms. The Balaban J connectivity index is 1.37. The lowest BCUT2D eigenvalue weighted by molar-refractivity contribution is 0.0520. The van der Waals surface area contributed by atoms with Crippen LogP contribution in [-0.4, -0.2) is 46.4 Å². The van der Waals surface area contributed by atoms with E-state index in [4.69, 9.17) is 4.74 Å². The van der Waals surface area contributed by atoms with Gasteiger partial charge < -0.3 is 9.64 Å². The molecule has 0 atom stereocenters. The molecule has 3 aromatic rings.